The number of carbonyl (C=O) groups excluding carboxylic acids is 1. The van der Waals surface area contributed by atoms with E-state index in [0.29, 0.717) is 6.42 Å². The van der Waals surface area contributed by atoms with Crippen molar-refractivity contribution >= 4 is 11.9 Å². The van der Waals surface area contributed by atoms with Crippen molar-refractivity contribution in [1.29, 1.82) is 0 Å². The maximum absolute atomic E-state index is 10.6. The second kappa shape index (κ2) is 8.07. The van der Waals surface area contributed by atoms with Crippen molar-refractivity contribution in [1.82, 2.24) is 0 Å². The van der Waals surface area contributed by atoms with Crippen LogP contribution in [0.25, 0.3) is 0 Å². The number of carbonyl (C=O) groups is 2. The van der Waals surface area contributed by atoms with Gasteiger partial charge in [0.25, 0.3) is 0 Å². The molecule has 0 spiro atoms. The molecule has 0 heterocycles. The van der Waals surface area contributed by atoms with E-state index < -0.39 is 12.1 Å². The lowest BCUT2D eigenvalue weighted by molar-refractivity contribution is -0.192. The standard InChI is InChI=1S/C6H12O2.C2HF3O2/c1-3-4-5-6(7)8-2;3-2(4,5)1(6)7/h3-5H2,1-2H3;(H,6,7). The molecule has 0 unspecified atom stereocenters. The summed E-state index contributed by atoms with van der Waals surface area (Å²) >= 11 is 0. The normalized spacial score (nSPS) is 9.93. The summed E-state index contributed by atoms with van der Waals surface area (Å²) in [5.41, 5.74) is 0. The highest BCUT2D eigenvalue weighted by Gasteiger charge is 2.38. The summed E-state index contributed by atoms with van der Waals surface area (Å²) in [5, 5.41) is 7.12. The zero-order valence-electron chi connectivity index (χ0n) is 8.43. The summed E-state index contributed by atoms with van der Waals surface area (Å²) < 4.78 is 36.1. The summed E-state index contributed by atoms with van der Waals surface area (Å²) in [6.07, 6.45) is -2.53. The van der Waals surface area contributed by atoms with E-state index in [2.05, 4.69) is 4.74 Å². The lowest BCUT2D eigenvalue weighted by Crippen LogP contribution is -2.21. The molecule has 0 radical (unpaired) electrons. The van der Waals surface area contributed by atoms with Gasteiger partial charge in [0, 0.05) is 6.42 Å². The fourth-order valence-electron chi connectivity index (χ4n) is 0.423. The number of unbranched alkanes of at least 4 members (excludes halogenated alkanes) is 1. The Hall–Kier alpha value is -1.27. The Morgan fingerprint density at radius 3 is 1.93 bits per heavy atom. The van der Waals surface area contributed by atoms with Gasteiger partial charge in [-0.15, -0.1) is 0 Å². The summed E-state index contributed by atoms with van der Waals surface area (Å²) in [6, 6.07) is 0. The van der Waals surface area contributed by atoms with Gasteiger partial charge in [-0.2, -0.15) is 13.2 Å². The summed E-state index contributed by atoms with van der Waals surface area (Å²) in [4.78, 5) is 19.2. The highest BCUT2D eigenvalue weighted by atomic mass is 19.4. The van der Waals surface area contributed by atoms with Crippen LogP contribution in [0.4, 0.5) is 13.2 Å². The quantitative estimate of drug-likeness (QED) is 0.753. The molecule has 7 heteroatoms. The van der Waals surface area contributed by atoms with E-state index in [1.54, 1.807) is 0 Å². The van der Waals surface area contributed by atoms with E-state index in [1.807, 2.05) is 6.92 Å². The minimum absolute atomic E-state index is 0.105. The molecule has 0 saturated heterocycles. The second-order valence-electron chi connectivity index (χ2n) is 2.48. The van der Waals surface area contributed by atoms with Crippen molar-refractivity contribution in [3.8, 4) is 0 Å². The summed E-state index contributed by atoms with van der Waals surface area (Å²) in [7, 11) is 1.41. The van der Waals surface area contributed by atoms with E-state index in [-0.39, 0.29) is 5.97 Å². The number of hydrogen-bond acceptors (Lipinski definition) is 3. The molecule has 1 N–H and O–H groups in total. The average molecular weight is 230 g/mol. The van der Waals surface area contributed by atoms with Gasteiger partial charge < -0.3 is 9.84 Å². The highest BCUT2D eigenvalue weighted by molar-refractivity contribution is 5.73. The number of ether oxygens (including phenoxy) is 1. The van der Waals surface area contributed by atoms with Gasteiger partial charge in [-0.1, -0.05) is 13.3 Å². The van der Waals surface area contributed by atoms with Crippen LogP contribution in [0.3, 0.4) is 0 Å². The van der Waals surface area contributed by atoms with Crippen LogP contribution in [-0.2, 0) is 14.3 Å². The van der Waals surface area contributed by atoms with Gasteiger partial charge in [-0.05, 0) is 6.42 Å². The number of alkyl halides is 3. The monoisotopic (exact) mass is 230 g/mol. The smallest absolute Gasteiger partial charge is 0.475 e. The Bertz CT molecular complexity index is 201. The molecule has 0 aliphatic rings. The molecule has 0 aromatic rings. The Morgan fingerprint density at radius 1 is 1.33 bits per heavy atom. The number of esters is 1. The van der Waals surface area contributed by atoms with Crippen molar-refractivity contribution < 1.29 is 32.6 Å². The molecule has 0 aromatic heterocycles. The molecule has 0 aliphatic carbocycles. The van der Waals surface area contributed by atoms with Gasteiger partial charge in [0.15, 0.2) is 0 Å². The van der Waals surface area contributed by atoms with Gasteiger partial charge in [0.2, 0.25) is 0 Å². The van der Waals surface area contributed by atoms with Crippen LogP contribution in [0.5, 0.6) is 0 Å². The molecular formula is C8H13F3O4. The SMILES string of the molecule is CCCCC(=O)OC.O=C(O)C(F)(F)F. The van der Waals surface area contributed by atoms with Gasteiger partial charge in [0.1, 0.15) is 0 Å². The third-order valence-electron chi connectivity index (χ3n) is 1.20. The van der Waals surface area contributed by atoms with Crippen LogP contribution < -0.4 is 0 Å². The number of carboxylic acid groups (broad SMARTS) is 1. The fourth-order valence-corrected chi connectivity index (χ4v) is 0.423. The average Bonchev–Trinajstić information content (AvgIpc) is 2.13. The molecular weight excluding hydrogens is 217 g/mol. The number of aliphatic carboxylic acids is 1. The fraction of sp³-hybridized carbons (Fsp3) is 0.750. The molecule has 15 heavy (non-hydrogen) atoms. The Morgan fingerprint density at radius 2 is 1.73 bits per heavy atom. The Labute approximate surface area is 85.0 Å². The minimum Gasteiger partial charge on any atom is -0.475 e. The molecule has 0 fully saturated rings. The largest absolute Gasteiger partial charge is 0.490 e. The number of rotatable bonds is 3. The molecule has 0 saturated carbocycles. The minimum atomic E-state index is -5.08. The number of hydrogen-bond donors (Lipinski definition) is 1. The lowest BCUT2D eigenvalue weighted by Gasteiger charge is -1.93. The van der Waals surface area contributed by atoms with Gasteiger partial charge >= 0.3 is 18.1 Å². The summed E-state index contributed by atoms with van der Waals surface area (Å²) in [5.74, 6) is -2.86. The van der Waals surface area contributed by atoms with Crippen molar-refractivity contribution in [2.24, 2.45) is 0 Å². The van der Waals surface area contributed by atoms with Gasteiger partial charge in [-0.25, -0.2) is 4.79 Å². The van der Waals surface area contributed by atoms with Crippen LogP contribution in [0, 0.1) is 0 Å². The first-order valence-corrected chi connectivity index (χ1v) is 4.12. The van der Waals surface area contributed by atoms with Gasteiger partial charge in [0.05, 0.1) is 7.11 Å². The molecule has 90 valence electrons. The van der Waals surface area contributed by atoms with E-state index in [9.17, 15) is 18.0 Å². The van der Waals surface area contributed by atoms with Crippen LogP contribution in [0.1, 0.15) is 26.2 Å². The molecule has 0 aliphatic heterocycles. The molecule has 0 rings (SSSR count). The van der Waals surface area contributed by atoms with E-state index in [0.717, 1.165) is 12.8 Å². The predicted molar refractivity (Wildman–Crippen MR) is 45.2 cm³/mol. The van der Waals surface area contributed by atoms with Gasteiger partial charge in [-0.3, -0.25) is 4.79 Å². The van der Waals surface area contributed by atoms with Crippen molar-refractivity contribution in [2.75, 3.05) is 7.11 Å². The van der Waals surface area contributed by atoms with Crippen LogP contribution in [0.15, 0.2) is 0 Å². The van der Waals surface area contributed by atoms with Crippen LogP contribution in [-0.4, -0.2) is 30.3 Å². The second-order valence-corrected chi connectivity index (χ2v) is 2.48. The van der Waals surface area contributed by atoms with E-state index in [4.69, 9.17) is 9.90 Å². The Kier molecular flexibility index (Phi) is 8.70. The van der Waals surface area contributed by atoms with Crippen LogP contribution >= 0.6 is 0 Å². The first-order chi connectivity index (χ1) is 6.75. The highest BCUT2D eigenvalue weighted by Crippen LogP contribution is 2.13. The molecule has 0 bridgehead atoms. The molecule has 4 nitrogen and oxygen atoms in total. The third-order valence-corrected chi connectivity index (χ3v) is 1.20. The number of halogens is 3. The lowest BCUT2D eigenvalue weighted by atomic mass is 10.3. The van der Waals surface area contributed by atoms with E-state index >= 15 is 0 Å². The number of carboxylic acids is 1. The third kappa shape index (κ3) is 12.7. The maximum Gasteiger partial charge on any atom is 0.490 e. The van der Waals surface area contributed by atoms with Crippen molar-refractivity contribution in [3.63, 3.8) is 0 Å². The molecule has 0 aromatic carbocycles. The zero-order chi connectivity index (χ0) is 12.5. The summed E-state index contributed by atoms with van der Waals surface area (Å²) in [6.45, 7) is 2.04. The topological polar surface area (TPSA) is 63.6 Å². The van der Waals surface area contributed by atoms with Crippen molar-refractivity contribution in [3.05, 3.63) is 0 Å². The van der Waals surface area contributed by atoms with Crippen molar-refractivity contribution in [2.45, 2.75) is 32.4 Å². The molecule has 0 amide bonds. The predicted octanol–water partition coefficient (Wildman–Crippen LogP) is 1.98. The first-order valence-electron chi connectivity index (χ1n) is 4.12. The zero-order valence-corrected chi connectivity index (χ0v) is 8.43. The maximum atomic E-state index is 10.6. The number of methoxy groups -OCH3 is 1. The first kappa shape index (κ1) is 16.2. The Balaban J connectivity index is 0. The molecule has 0 atom stereocenters. The van der Waals surface area contributed by atoms with Crippen LogP contribution in [0.2, 0.25) is 0 Å². The van der Waals surface area contributed by atoms with E-state index in [1.165, 1.54) is 7.11 Å².